The van der Waals surface area contributed by atoms with Crippen LogP contribution < -0.4 is 10.2 Å². The topological polar surface area (TPSA) is 69.0 Å². The lowest BCUT2D eigenvalue weighted by Crippen LogP contribution is -2.48. The minimum absolute atomic E-state index is 0.0163. The maximum atomic E-state index is 13.7. The summed E-state index contributed by atoms with van der Waals surface area (Å²) in [5.74, 6) is 1.94. The summed E-state index contributed by atoms with van der Waals surface area (Å²) in [6.45, 7) is 8.60. The summed E-state index contributed by atoms with van der Waals surface area (Å²) in [7, 11) is 1.75. The highest BCUT2D eigenvalue weighted by atomic mass is 127. The molecular formula is C29H31FI3N7O. The Kier molecular flexibility index (Phi) is 7.84. The van der Waals surface area contributed by atoms with Gasteiger partial charge in [0.05, 0.1) is 18.6 Å². The molecule has 0 bridgehead atoms. The lowest BCUT2D eigenvalue weighted by Gasteiger charge is -2.32. The minimum atomic E-state index is -0.341. The number of amides is 1. The number of halogens is 4. The Labute approximate surface area is 280 Å². The van der Waals surface area contributed by atoms with Crippen molar-refractivity contribution >= 4 is 97.0 Å². The van der Waals surface area contributed by atoms with Crippen LogP contribution in [0.2, 0.25) is 0 Å². The van der Waals surface area contributed by atoms with E-state index in [1.54, 1.807) is 24.1 Å². The minimum Gasteiger partial charge on any atom is -0.340 e. The molecule has 41 heavy (non-hydrogen) atoms. The van der Waals surface area contributed by atoms with Gasteiger partial charge in [-0.25, -0.2) is 14.1 Å². The fraction of sp³-hybridized carbons (Fsp3) is 0.414. The Morgan fingerprint density at radius 2 is 1.78 bits per heavy atom. The van der Waals surface area contributed by atoms with E-state index in [-0.39, 0.29) is 16.8 Å². The molecule has 2 unspecified atom stereocenters. The number of carbonyl (C=O) groups is 1. The molecule has 6 rings (SSSR count). The maximum Gasteiger partial charge on any atom is 0.267 e. The maximum absolute atomic E-state index is 13.7. The first kappa shape index (κ1) is 29.5. The summed E-state index contributed by atoms with van der Waals surface area (Å²) in [5.41, 5.74) is 3.22. The largest absolute Gasteiger partial charge is 0.340 e. The van der Waals surface area contributed by atoms with Crippen LogP contribution in [0.15, 0.2) is 53.5 Å². The van der Waals surface area contributed by atoms with E-state index >= 15 is 0 Å². The van der Waals surface area contributed by atoms with Crippen molar-refractivity contribution in [2.45, 2.75) is 44.9 Å². The molecule has 0 spiro atoms. The van der Waals surface area contributed by atoms with Gasteiger partial charge in [-0.1, -0.05) is 31.2 Å². The van der Waals surface area contributed by atoms with Crippen LogP contribution in [0.5, 0.6) is 0 Å². The van der Waals surface area contributed by atoms with Gasteiger partial charge < -0.3 is 5.32 Å². The van der Waals surface area contributed by atoms with E-state index in [2.05, 4.69) is 123 Å². The number of guanidine groups is 1. The number of carbonyl (C=O) groups excluding carboxylic acids is 1. The van der Waals surface area contributed by atoms with Crippen molar-refractivity contribution in [2.24, 2.45) is 10.9 Å². The van der Waals surface area contributed by atoms with Gasteiger partial charge in [0.25, 0.3) is 5.91 Å². The molecule has 1 N–H and O–H groups in total. The molecule has 1 aromatic heterocycles. The molecule has 3 aliphatic heterocycles. The number of aliphatic imine (C=N–C) groups is 1. The second-order valence-electron chi connectivity index (χ2n) is 11.7. The van der Waals surface area contributed by atoms with Crippen LogP contribution in [0.1, 0.15) is 54.7 Å². The van der Waals surface area contributed by atoms with Crippen molar-refractivity contribution in [3.8, 4) is 0 Å². The summed E-state index contributed by atoms with van der Waals surface area (Å²) in [4.78, 5) is 24.7. The molecule has 2 atom stereocenters. The number of alkyl halides is 3. The summed E-state index contributed by atoms with van der Waals surface area (Å²) in [6, 6.07) is 15.3. The first-order valence-corrected chi connectivity index (χ1v) is 16.8. The fourth-order valence-electron chi connectivity index (χ4n) is 5.92. The number of likely N-dealkylation sites (tertiary alicyclic amines) is 1. The van der Waals surface area contributed by atoms with Crippen molar-refractivity contribution in [1.82, 2.24) is 19.6 Å². The number of nitrogens with zero attached hydrogens (tertiary/aromatic N) is 6. The highest BCUT2D eigenvalue weighted by Crippen LogP contribution is 2.49. The molecule has 1 fully saturated rings. The van der Waals surface area contributed by atoms with Gasteiger partial charge in [0.1, 0.15) is 17.2 Å². The molecule has 1 saturated heterocycles. The summed E-state index contributed by atoms with van der Waals surface area (Å²) >= 11 is 7.55. The van der Waals surface area contributed by atoms with Gasteiger partial charge in [-0.3, -0.25) is 19.5 Å². The zero-order valence-corrected chi connectivity index (χ0v) is 29.7. The molecule has 4 heterocycles. The molecular weight excluding hydrogens is 862 g/mol. The van der Waals surface area contributed by atoms with Crippen molar-refractivity contribution in [3.63, 3.8) is 0 Å². The predicted molar refractivity (Wildman–Crippen MR) is 186 cm³/mol. The number of hydrogen-bond acceptors (Lipinski definition) is 6. The normalized spacial score (nSPS) is 22.1. The first-order valence-electron chi connectivity index (χ1n) is 13.5. The Bertz CT molecular complexity index is 1510. The lowest BCUT2D eigenvalue weighted by atomic mass is 10.00. The number of rotatable bonds is 6. The third kappa shape index (κ3) is 5.73. The van der Waals surface area contributed by atoms with Crippen molar-refractivity contribution < 1.29 is 9.18 Å². The smallest absolute Gasteiger partial charge is 0.267 e. The molecule has 1 amide bonds. The number of hydrogen-bond donors (Lipinski definition) is 1. The van der Waals surface area contributed by atoms with E-state index in [1.807, 2.05) is 9.58 Å². The van der Waals surface area contributed by atoms with Gasteiger partial charge in [0.15, 0.2) is 5.38 Å². The standard InChI is InChI=1S/C29H31FI3N7O/c1-17-13-22(39(14-17)29(31,32)33)19-7-5-18(6-8-19)15-40-24(34-21-11-9-20(30)10-12-21)23-25(36-40)38-16-28(2,3)35-27(38)37(4)26(23)41/h5-12,17,22,34H,13-16H2,1-4H3. The second-order valence-corrected chi connectivity index (χ2v) is 22.6. The number of fused-ring (bicyclic) bond motifs is 3. The Balaban J connectivity index is 1.36. The van der Waals surface area contributed by atoms with Gasteiger partial charge in [-0.15, -0.1) is 0 Å². The van der Waals surface area contributed by atoms with E-state index in [0.717, 1.165) is 18.5 Å². The zero-order valence-electron chi connectivity index (χ0n) is 23.2. The van der Waals surface area contributed by atoms with Gasteiger partial charge in [0, 0.05) is 25.3 Å². The molecule has 0 aliphatic carbocycles. The SMILES string of the molecule is CC1CC(c2ccc(Cn3nc4c(c3Nc3ccc(F)cc3)C(=O)N(C)C3=NC(C)(C)CN34)cc2)N(C(I)(I)I)C1. The van der Waals surface area contributed by atoms with Crippen LogP contribution in [0.25, 0.3) is 0 Å². The van der Waals surface area contributed by atoms with Gasteiger partial charge in [-0.05, 0) is 129 Å². The lowest BCUT2D eigenvalue weighted by molar-refractivity contribution is 0.0866. The van der Waals surface area contributed by atoms with Gasteiger partial charge in [-0.2, -0.15) is 5.10 Å². The quantitative estimate of drug-likeness (QED) is 0.162. The average Bonchev–Trinajstić information content (AvgIpc) is 3.57. The van der Waals surface area contributed by atoms with Crippen molar-refractivity contribution in [2.75, 3.05) is 30.4 Å². The monoisotopic (exact) mass is 893 g/mol. The van der Waals surface area contributed by atoms with Crippen molar-refractivity contribution in [1.29, 1.82) is 0 Å². The fourth-order valence-corrected chi connectivity index (χ4v) is 7.51. The Morgan fingerprint density at radius 3 is 2.44 bits per heavy atom. The highest BCUT2D eigenvalue weighted by molar-refractivity contribution is 14.3. The molecule has 3 aliphatic rings. The number of anilines is 3. The van der Waals surface area contributed by atoms with Crippen molar-refractivity contribution in [3.05, 3.63) is 71.0 Å². The summed E-state index contributed by atoms with van der Waals surface area (Å²) in [6.07, 6.45) is 1.14. The Hall–Kier alpha value is -1.53. The van der Waals surface area contributed by atoms with E-state index in [9.17, 15) is 9.18 Å². The van der Waals surface area contributed by atoms with E-state index in [4.69, 9.17) is 10.1 Å². The second kappa shape index (κ2) is 10.9. The van der Waals surface area contributed by atoms with Gasteiger partial charge in [0.2, 0.25) is 5.96 Å². The van der Waals surface area contributed by atoms with E-state index in [1.165, 1.54) is 17.7 Å². The summed E-state index contributed by atoms with van der Waals surface area (Å²) in [5, 5.41) is 8.35. The molecule has 0 radical (unpaired) electrons. The van der Waals surface area contributed by atoms with Crippen LogP contribution in [-0.4, -0.2) is 56.7 Å². The number of benzene rings is 2. The number of nitrogens with one attached hydrogen (secondary N) is 1. The molecule has 2 aromatic carbocycles. The van der Waals surface area contributed by atoms with Crippen LogP contribution >= 0.6 is 67.8 Å². The molecule has 216 valence electrons. The predicted octanol–water partition coefficient (Wildman–Crippen LogP) is 7.15. The highest BCUT2D eigenvalue weighted by Gasteiger charge is 2.45. The van der Waals surface area contributed by atoms with Crippen LogP contribution in [-0.2, 0) is 6.54 Å². The third-order valence-electron chi connectivity index (χ3n) is 7.84. The van der Waals surface area contributed by atoms with Gasteiger partial charge >= 0.3 is 0 Å². The molecule has 0 saturated carbocycles. The average molecular weight is 893 g/mol. The Morgan fingerprint density at radius 1 is 1.10 bits per heavy atom. The van der Waals surface area contributed by atoms with Crippen LogP contribution in [0, 0.1) is 11.7 Å². The molecule has 3 aromatic rings. The van der Waals surface area contributed by atoms with E-state index < -0.39 is 0 Å². The van der Waals surface area contributed by atoms with Crippen LogP contribution in [0.3, 0.4) is 0 Å². The summed E-state index contributed by atoms with van der Waals surface area (Å²) < 4.78 is 15.5. The molecule has 8 nitrogen and oxygen atoms in total. The third-order valence-corrected chi connectivity index (χ3v) is 9.70. The van der Waals surface area contributed by atoms with Crippen LogP contribution in [0.4, 0.5) is 21.7 Å². The van der Waals surface area contributed by atoms with E-state index in [0.29, 0.717) is 53.9 Å². The molecule has 12 heteroatoms. The first-order chi connectivity index (χ1) is 19.3. The number of aromatic nitrogens is 2. The zero-order chi connectivity index (χ0) is 29.3.